The normalized spacial score (nSPS) is 26.0. The molecule has 1 fully saturated rings. The third kappa shape index (κ3) is 2.01. The summed E-state index contributed by atoms with van der Waals surface area (Å²) in [6.07, 6.45) is 4.29. The Bertz CT molecular complexity index is 208. The smallest absolute Gasteiger partial charge is 0.0864 e. The van der Waals surface area contributed by atoms with Crippen molar-refractivity contribution >= 4 is 0 Å². The highest BCUT2D eigenvalue weighted by atomic mass is 16.7. The van der Waals surface area contributed by atoms with E-state index < -0.39 is 0 Å². The van der Waals surface area contributed by atoms with Crippen molar-refractivity contribution < 1.29 is 4.84 Å². The first-order chi connectivity index (χ1) is 6.42. The van der Waals surface area contributed by atoms with E-state index in [1.54, 1.807) is 6.08 Å². The molecule has 0 amide bonds. The largest absolute Gasteiger partial charge is 0.294 e. The first kappa shape index (κ1) is 11.7. The van der Waals surface area contributed by atoms with Gasteiger partial charge in [0.15, 0.2) is 0 Å². The lowest BCUT2D eigenvalue weighted by Crippen LogP contribution is -2.57. The zero-order chi connectivity index (χ0) is 10.8. The lowest BCUT2D eigenvalue weighted by molar-refractivity contribution is -0.251. The maximum atomic E-state index is 5.70. The minimum atomic E-state index is 0.105. The second-order valence-corrected chi connectivity index (χ2v) is 5.23. The van der Waals surface area contributed by atoms with Gasteiger partial charge in [0.25, 0.3) is 0 Å². The Balaban J connectivity index is 2.70. The number of nitrogens with zero attached hydrogens (tertiary/aromatic N) is 1. The van der Waals surface area contributed by atoms with E-state index in [2.05, 4.69) is 39.3 Å². The topological polar surface area (TPSA) is 12.5 Å². The Kier molecular flexibility index (Phi) is 3.38. The van der Waals surface area contributed by atoms with Crippen molar-refractivity contribution in [3.8, 4) is 0 Å². The van der Waals surface area contributed by atoms with Crippen molar-refractivity contribution in [3.63, 3.8) is 0 Å². The molecule has 1 aliphatic heterocycles. The second kappa shape index (κ2) is 4.03. The van der Waals surface area contributed by atoms with E-state index in [4.69, 9.17) is 4.84 Å². The minimum absolute atomic E-state index is 0.105. The summed E-state index contributed by atoms with van der Waals surface area (Å²) in [6, 6.07) is 0. The van der Waals surface area contributed by atoms with Crippen LogP contribution in [0, 0.1) is 5.41 Å². The summed E-state index contributed by atoms with van der Waals surface area (Å²) < 4.78 is 0. The zero-order valence-electron chi connectivity index (χ0n) is 9.97. The first-order valence-corrected chi connectivity index (χ1v) is 5.43. The zero-order valence-corrected chi connectivity index (χ0v) is 9.97. The van der Waals surface area contributed by atoms with Crippen LogP contribution >= 0.6 is 0 Å². The Morgan fingerprint density at radius 1 is 1.36 bits per heavy atom. The third-order valence-corrected chi connectivity index (χ3v) is 3.79. The van der Waals surface area contributed by atoms with Gasteiger partial charge in [0.2, 0.25) is 0 Å². The summed E-state index contributed by atoms with van der Waals surface area (Å²) in [7, 11) is 0. The van der Waals surface area contributed by atoms with Crippen LogP contribution in [0.15, 0.2) is 12.7 Å². The quantitative estimate of drug-likeness (QED) is 0.645. The second-order valence-electron chi connectivity index (χ2n) is 5.23. The average Bonchev–Trinajstić information content (AvgIpc) is 2.08. The molecule has 2 nitrogen and oxygen atoms in total. The molecule has 2 heteroatoms. The molecule has 0 bridgehead atoms. The molecule has 0 aromatic carbocycles. The molecule has 1 aliphatic rings. The van der Waals surface area contributed by atoms with E-state index in [0.717, 1.165) is 6.54 Å². The van der Waals surface area contributed by atoms with Crippen LogP contribution < -0.4 is 0 Å². The van der Waals surface area contributed by atoms with E-state index in [-0.39, 0.29) is 5.54 Å². The number of hydrogen-bond donors (Lipinski definition) is 0. The molecule has 0 aromatic heterocycles. The van der Waals surface area contributed by atoms with Gasteiger partial charge in [-0.15, -0.1) is 6.58 Å². The van der Waals surface area contributed by atoms with Crippen molar-refractivity contribution in [2.75, 3.05) is 13.2 Å². The molecular formula is C12H23NO. The summed E-state index contributed by atoms with van der Waals surface area (Å²) in [6.45, 7) is 14.5. The highest BCUT2D eigenvalue weighted by molar-refractivity contribution is 4.95. The fourth-order valence-corrected chi connectivity index (χ4v) is 1.96. The Labute approximate surface area is 87.9 Å². The minimum Gasteiger partial charge on any atom is -0.294 e. The maximum absolute atomic E-state index is 5.70. The summed E-state index contributed by atoms with van der Waals surface area (Å²) in [5.74, 6) is 0. The van der Waals surface area contributed by atoms with Gasteiger partial charge in [-0.3, -0.25) is 4.84 Å². The summed E-state index contributed by atoms with van der Waals surface area (Å²) in [4.78, 5) is 5.70. The van der Waals surface area contributed by atoms with Crippen molar-refractivity contribution in [3.05, 3.63) is 12.7 Å². The Morgan fingerprint density at radius 3 is 2.57 bits per heavy atom. The number of hydrogen-bond acceptors (Lipinski definition) is 2. The molecule has 0 radical (unpaired) electrons. The van der Waals surface area contributed by atoms with Gasteiger partial charge in [-0.2, -0.15) is 5.06 Å². The van der Waals surface area contributed by atoms with Crippen LogP contribution in [0.3, 0.4) is 0 Å². The van der Waals surface area contributed by atoms with E-state index in [1.165, 1.54) is 12.8 Å². The molecule has 0 aromatic rings. The highest BCUT2D eigenvalue weighted by Crippen LogP contribution is 2.43. The van der Waals surface area contributed by atoms with E-state index in [1.807, 2.05) is 0 Å². The molecular weight excluding hydrogens is 174 g/mol. The van der Waals surface area contributed by atoms with Crippen molar-refractivity contribution in [2.45, 2.75) is 46.1 Å². The molecule has 82 valence electrons. The summed E-state index contributed by atoms with van der Waals surface area (Å²) in [5, 5.41) is 2.12. The average molecular weight is 197 g/mol. The predicted molar refractivity (Wildman–Crippen MR) is 59.9 cm³/mol. The number of piperidine rings is 1. The van der Waals surface area contributed by atoms with Gasteiger partial charge in [-0.05, 0) is 32.1 Å². The van der Waals surface area contributed by atoms with Gasteiger partial charge in [-0.1, -0.05) is 19.9 Å². The van der Waals surface area contributed by atoms with Crippen LogP contribution in [0.5, 0.6) is 0 Å². The molecule has 0 saturated carbocycles. The molecule has 0 aliphatic carbocycles. The van der Waals surface area contributed by atoms with Crippen LogP contribution in [0.2, 0.25) is 0 Å². The van der Waals surface area contributed by atoms with E-state index in [9.17, 15) is 0 Å². The van der Waals surface area contributed by atoms with Gasteiger partial charge in [0.1, 0.15) is 0 Å². The molecule has 0 unspecified atom stereocenters. The first-order valence-electron chi connectivity index (χ1n) is 5.43. The standard InChI is InChI=1S/C12H23NO/c1-6-10-14-13-9-7-8-11(2,3)12(13,4)5/h6H,1,7-10H2,2-5H3. The molecule has 0 atom stereocenters. The van der Waals surface area contributed by atoms with Gasteiger partial charge in [-0.25, -0.2) is 0 Å². The van der Waals surface area contributed by atoms with E-state index in [0.29, 0.717) is 12.0 Å². The van der Waals surface area contributed by atoms with Gasteiger partial charge >= 0.3 is 0 Å². The number of hydroxylamine groups is 2. The van der Waals surface area contributed by atoms with Gasteiger partial charge in [0, 0.05) is 12.1 Å². The van der Waals surface area contributed by atoms with Crippen molar-refractivity contribution in [1.82, 2.24) is 5.06 Å². The predicted octanol–water partition coefficient (Wildman–Crippen LogP) is 3.00. The van der Waals surface area contributed by atoms with Crippen LogP contribution in [-0.4, -0.2) is 23.8 Å². The number of rotatable bonds is 3. The lowest BCUT2D eigenvalue weighted by Gasteiger charge is -2.52. The van der Waals surface area contributed by atoms with Crippen molar-refractivity contribution in [2.24, 2.45) is 5.41 Å². The molecule has 14 heavy (non-hydrogen) atoms. The summed E-state index contributed by atoms with van der Waals surface area (Å²) >= 11 is 0. The maximum Gasteiger partial charge on any atom is 0.0864 e. The molecule has 0 spiro atoms. The highest BCUT2D eigenvalue weighted by Gasteiger charge is 2.45. The monoisotopic (exact) mass is 197 g/mol. The van der Waals surface area contributed by atoms with Gasteiger partial charge < -0.3 is 0 Å². The third-order valence-electron chi connectivity index (χ3n) is 3.79. The Hall–Kier alpha value is -0.340. The van der Waals surface area contributed by atoms with Crippen LogP contribution in [0.4, 0.5) is 0 Å². The van der Waals surface area contributed by atoms with Crippen LogP contribution in [-0.2, 0) is 4.84 Å². The molecule has 0 N–H and O–H groups in total. The van der Waals surface area contributed by atoms with E-state index >= 15 is 0 Å². The summed E-state index contributed by atoms with van der Waals surface area (Å²) in [5.41, 5.74) is 0.417. The lowest BCUT2D eigenvalue weighted by atomic mass is 9.69. The van der Waals surface area contributed by atoms with Crippen LogP contribution in [0.25, 0.3) is 0 Å². The van der Waals surface area contributed by atoms with Crippen LogP contribution in [0.1, 0.15) is 40.5 Å². The molecule has 1 rings (SSSR count). The Morgan fingerprint density at radius 2 is 2.00 bits per heavy atom. The molecule has 1 saturated heterocycles. The van der Waals surface area contributed by atoms with Crippen molar-refractivity contribution in [1.29, 1.82) is 0 Å². The fourth-order valence-electron chi connectivity index (χ4n) is 1.96. The fraction of sp³-hybridized carbons (Fsp3) is 0.833. The van der Waals surface area contributed by atoms with Gasteiger partial charge in [0.05, 0.1) is 6.61 Å². The SMILES string of the molecule is C=CCON1CCCC(C)(C)C1(C)C. The molecule has 1 heterocycles.